The van der Waals surface area contributed by atoms with Crippen LogP contribution in [0, 0.1) is 5.92 Å². The zero-order valence-electron chi connectivity index (χ0n) is 19.6. The smallest absolute Gasteiger partial charge is 0.224 e. The molecule has 5 rings (SSSR count). The van der Waals surface area contributed by atoms with E-state index >= 15 is 0 Å². The molecule has 36 heavy (non-hydrogen) atoms. The van der Waals surface area contributed by atoms with Crippen LogP contribution in [0.4, 0.5) is 17.6 Å². The van der Waals surface area contributed by atoms with E-state index in [4.69, 9.17) is 50.5 Å². The highest BCUT2D eigenvalue weighted by Crippen LogP contribution is 2.40. The number of imidazole rings is 1. The molecule has 2 atom stereocenters. The second-order valence-corrected chi connectivity index (χ2v) is 10.9. The van der Waals surface area contributed by atoms with Crippen molar-refractivity contribution in [2.75, 3.05) is 10.6 Å². The van der Waals surface area contributed by atoms with Crippen LogP contribution >= 0.6 is 34.8 Å². The van der Waals surface area contributed by atoms with Gasteiger partial charge in [-0.25, -0.2) is 9.97 Å². The predicted octanol–water partition coefficient (Wildman–Crippen LogP) is 5.46. The van der Waals surface area contributed by atoms with Gasteiger partial charge in [0.15, 0.2) is 5.65 Å². The number of benzene rings is 1. The van der Waals surface area contributed by atoms with E-state index in [9.17, 15) is 9.90 Å². The van der Waals surface area contributed by atoms with Gasteiger partial charge < -0.3 is 21.5 Å². The number of halogens is 3. The molecule has 2 aliphatic carbocycles. The number of nitrogens with two attached hydrogens (primary N) is 1. The Balaban J connectivity index is 1.51. The number of amides is 1. The maximum atomic E-state index is 11.7. The van der Waals surface area contributed by atoms with Crippen molar-refractivity contribution in [2.24, 2.45) is 11.7 Å². The molecule has 2 aliphatic rings. The van der Waals surface area contributed by atoms with Crippen LogP contribution in [0.15, 0.2) is 18.3 Å². The topological polar surface area (TPSA) is 131 Å². The lowest BCUT2D eigenvalue weighted by molar-refractivity contribution is -0.122. The number of nitrogens with zero attached hydrogens (tertiary/aromatic N) is 4. The first kappa shape index (κ1) is 25.3. The molecule has 2 aromatic heterocycles. The molecule has 5 N–H and O–H groups in total. The Morgan fingerprint density at radius 1 is 1.06 bits per heavy atom. The molecule has 2 saturated carbocycles. The van der Waals surface area contributed by atoms with Gasteiger partial charge in [-0.1, -0.05) is 34.8 Å². The van der Waals surface area contributed by atoms with Crippen molar-refractivity contribution in [1.29, 1.82) is 0 Å². The molecular weight excluding hydrogens is 525 g/mol. The van der Waals surface area contributed by atoms with Crippen molar-refractivity contribution < 1.29 is 9.90 Å². The Kier molecular flexibility index (Phi) is 7.44. The van der Waals surface area contributed by atoms with Gasteiger partial charge in [0.05, 0.1) is 28.0 Å². The van der Waals surface area contributed by atoms with Gasteiger partial charge in [0.2, 0.25) is 17.8 Å². The fraction of sp³-hybridized carbons (Fsp3) is 0.500. The number of aliphatic hydroxyl groups excluding tert-OH is 1. The van der Waals surface area contributed by atoms with E-state index in [1.807, 2.05) is 4.57 Å². The van der Waals surface area contributed by atoms with Crippen molar-refractivity contribution in [3.63, 3.8) is 0 Å². The Hall–Kier alpha value is -2.33. The summed E-state index contributed by atoms with van der Waals surface area (Å²) in [5.74, 6) is 0.628. The normalized spacial score (nSPS) is 24.6. The summed E-state index contributed by atoms with van der Waals surface area (Å²) in [7, 11) is 0. The highest BCUT2D eigenvalue weighted by Gasteiger charge is 2.30. The number of rotatable bonds is 6. The molecular formula is C24H28Cl3N7O2. The van der Waals surface area contributed by atoms with Crippen LogP contribution in [-0.4, -0.2) is 42.7 Å². The summed E-state index contributed by atoms with van der Waals surface area (Å²) in [4.78, 5) is 25.8. The first-order valence-corrected chi connectivity index (χ1v) is 13.3. The maximum Gasteiger partial charge on any atom is 0.224 e. The average molecular weight is 553 g/mol. The minimum absolute atomic E-state index is 0.0391. The molecule has 2 fully saturated rings. The summed E-state index contributed by atoms with van der Waals surface area (Å²) >= 11 is 19.0. The SMILES string of the molecule is NC(=O)[C@H]1CC[C@@H](n2c(Nc3c(Cl)cc(Cl)cc3Cl)nc3cnc(N[C@H]4CCC[C@@H](O)C4)nc32)CC1. The Labute approximate surface area is 223 Å². The lowest BCUT2D eigenvalue weighted by Gasteiger charge is -2.29. The number of nitrogens with one attached hydrogen (secondary N) is 2. The van der Waals surface area contributed by atoms with Crippen LogP contribution in [0.3, 0.4) is 0 Å². The minimum Gasteiger partial charge on any atom is -0.393 e. The number of hydrogen-bond donors (Lipinski definition) is 4. The average Bonchev–Trinajstić information content (AvgIpc) is 3.18. The molecule has 1 aromatic carbocycles. The van der Waals surface area contributed by atoms with E-state index in [1.165, 1.54) is 0 Å². The van der Waals surface area contributed by atoms with E-state index in [2.05, 4.69) is 15.6 Å². The largest absolute Gasteiger partial charge is 0.393 e. The van der Waals surface area contributed by atoms with Gasteiger partial charge in [-0.2, -0.15) is 4.98 Å². The molecule has 0 radical (unpaired) electrons. The number of carbonyl (C=O) groups is 1. The Morgan fingerprint density at radius 2 is 1.78 bits per heavy atom. The van der Waals surface area contributed by atoms with Gasteiger partial charge >= 0.3 is 0 Å². The summed E-state index contributed by atoms with van der Waals surface area (Å²) in [6.45, 7) is 0. The van der Waals surface area contributed by atoms with E-state index in [0.717, 1.165) is 32.1 Å². The van der Waals surface area contributed by atoms with Gasteiger partial charge in [0.1, 0.15) is 5.52 Å². The zero-order valence-corrected chi connectivity index (χ0v) is 21.8. The number of aliphatic hydroxyl groups is 1. The highest BCUT2D eigenvalue weighted by molar-refractivity contribution is 6.41. The molecule has 9 nitrogen and oxygen atoms in total. The summed E-state index contributed by atoms with van der Waals surface area (Å²) in [6, 6.07) is 3.38. The van der Waals surface area contributed by atoms with E-state index in [0.29, 0.717) is 63.1 Å². The minimum atomic E-state index is -0.310. The first-order chi connectivity index (χ1) is 17.3. The fourth-order valence-corrected chi connectivity index (χ4v) is 6.18. The summed E-state index contributed by atoms with van der Waals surface area (Å²) in [5, 5.41) is 17.9. The highest BCUT2D eigenvalue weighted by atomic mass is 35.5. The second-order valence-electron chi connectivity index (χ2n) is 9.65. The van der Waals surface area contributed by atoms with Crippen LogP contribution in [0.2, 0.25) is 15.1 Å². The molecule has 0 unspecified atom stereocenters. The third-order valence-electron chi connectivity index (χ3n) is 7.12. The number of fused-ring (bicyclic) bond motifs is 1. The van der Waals surface area contributed by atoms with Crippen molar-refractivity contribution in [3.05, 3.63) is 33.4 Å². The van der Waals surface area contributed by atoms with Gasteiger partial charge in [-0.05, 0) is 63.5 Å². The third kappa shape index (κ3) is 5.34. The summed E-state index contributed by atoms with van der Waals surface area (Å²) in [6.07, 6.45) is 7.65. The number of primary amides is 1. The third-order valence-corrected chi connectivity index (χ3v) is 7.93. The molecule has 0 saturated heterocycles. The fourth-order valence-electron chi connectivity index (χ4n) is 5.26. The first-order valence-electron chi connectivity index (χ1n) is 12.2. The van der Waals surface area contributed by atoms with E-state index < -0.39 is 0 Å². The van der Waals surface area contributed by atoms with Gasteiger partial charge in [0.25, 0.3) is 0 Å². The molecule has 12 heteroatoms. The van der Waals surface area contributed by atoms with Gasteiger partial charge in [0, 0.05) is 23.0 Å². The van der Waals surface area contributed by atoms with Crippen molar-refractivity contribution in [2.45, 2.75) is 69.6 Å². The van der Waals surface area contributed by atoms with Crippen molar-refractivity contribution in [3.8, 4) is 0 Å². The maximum absolute atomic E-state index is 11.7. The van der Waals surface area contributed by atoms with E-state index in [-0.39, 0.29) is 30.0 Å². The van der Waals surface area contributed by atoms with Crippen LogP contribution in [-0.2, 0) is 4.79 Å². The molecule has 3 aromatic rings. The quantitative estimate of drug-likeness (QED) is 0.319. The zero-order chi connectivity index (χ0) is 25.4. The number of carbonyl (C=O) groups excluding carboxylic acids is 1. The number of anilines is 3. The van der Waals surface area contributed by atoms with Crippen LogP contribution in [0.25, 0.3) is 11.2 Å². The lowest BCUT2D eigenvalue weighted by atomic mass is 9.85. The van der Waals surface area contributed by atoms with E-state index in [1.54, 1.807) is 18.3 Å². The van der Waals surface area contributed by atoms with Gasteiger partial charge in [-0.3, -0.25) is 9.36 Å². The van der Waals surface area contributed by atoms with Gasteiger partial charge in [-0.15, -0.1) is 0 Å². The molecule has 2 heterocycles. The monoisotopic (exact) mass is 551 g/mol. The molecule has 0 spiro atoms. The van der Waals surface area contributed by atoms with Crippen LogP contribution in [0.1, 0.15) is 57.4 Å². The second kappa shape index (κ2) is 10.6. The summed E-state index contributed by atoms with van der Waals surface area (Å²) < 4.78 is 2.04. The van der Waals surface area contributed by atoms with Crippen LogP contribution in [0.5, 0.6) is 0 Å². The van der Waals surface area contributed by atoms with Crippen LogP contribution < -0.4 is 16.4 Å². The molecule has 0 aliphatic heterocycles. The lowest BCUT2D eigenvalue weighted by Crippen LogP contribution is -2.30. The van der Waals surface area contributed by atoms with Crippen molar-refractivity contribution in [1.82, 2.24) is 19.5 Å². The standard InChI is InChI=1S/C24H28Cl3N7O2/c25-13-8-17(26)20(18(27)9-13)32-24-31-19-11-29-23(30-14-2-1-3-16(35)10-14)33-22(19)34(24)15-6-4-12(5-7-15)21(28)36/h8-9,11-12,14-16,35H,1-7,10H2,(H2,28,36)(H,31,32)(H,29,30,33)/t12-,14-,15+,16+/m0/s1. The Bertz CT molecular complexity index is 1250. The molecule has 0 bridgehead atoms. The Morgan fingerprint density at radius 3 is 2.44 bits per heavy atom. The predicted molar refractivity (Wildman–Crippen MR) is 142 cm³/mol. The summed E-state index contributed by atoms with van der Waals surface area (Å²) in [5.41, 5.74) is 7.33. The van der Waals surface area contributed by atoms with Crippen molar-refractivity contribution >= 4 is 69.5 Å². The number of hydrogen-bond acceptors (Lipinski definition) is 7. The molecule has 192 valence electrons. The number of aromatic nitrogens is 4. The molecule has 1 amide bonds.